The van der Waals surface area contributed by atoms with Gasteiger partial charge < -0.3 is 5.73 Å². The van der Waals surface area contributed by atoms with E-state index in [9.17, 15) is 4.79 Å². The van der Waals surface area contributed by atoms with Crippen molar-refractivity contribution in [3.8, 4) is 0 Å². The van der Waals surface area contributed by atoms with Gasteiger partial charge in [-0.3, -0.25) is 9.78 Å². The Balaban J connectivity index is 2.23. The summed E-state index contributed by atoms with van der Waals surface area (Å²) in [5.74, 6) is -0.0770. The molecule has 4 heteroatoms. The Morgan fingerprint density at radius 3 is 2.69 bits per heavy atom. The Labute approximate surface area is 76.2 Å². The van der Waals surface area contributed by atoms with E-state index in [0.717, 1.165) is 19.3 Å². The summed E-state index contributed by atoms with van der Waals surface area (Å²) in [5.41, 5.74) is 5.58. The lowest BCUT2D eigenvalue weighted by Crippen LogP contribution is -2.53. The molecule has 0 radical (unpaired) electrons. The van der Waals surface area contributed by atoms with Crippen LogP contribution < -0.4 is 5.73 Å². The number of nitrogens with zero attached hydrogens (tertiary/aromatic N) is 2. The minimum absolute atomic E-state index is 0.0770. The van der Waals surface area contributed by atoms with Gasteiger partial charge in [0.15, 0.2) is 0 Å². The van der Waals surface area contributed by atoms with Crippen molar-refractivity contribution in [2.24, 2.45) is 5.73 Å². The predicted octanol–water partition coefficient (Wildman–Crippen LogP) is 0.541. The first-order valence-corrected chi connectivity index (χ1v) is 4.32. The highest BCUT2D eigenvalue weighted by Crippen LogP contribution is 2.31. The molecule has 0 atom stereocenters. The highest BCUT2D eigenvalue weighted by Gasteiger charge is 2.41. The van der Waals surface area contributed by atoms with E-state index in [1.165, 1.54) is 12.4 Å². The molecule has 1 saturated carbocycles. The fraction of sp³-hybridized carbons (Fsp3) is 0.444. The average molecular weight is 177 g/mol. The molecule has 1 aromatic rings. The van der Waals surface area contributed by atoms with Gasteiger partial charge in [0.05, 0.1) is 11.7 Å². The highest BCUT2D eigenvalue weighted by molar-refractivity contribution is 6.01. The van der Waals surface area contributed by atoms with E-state index in [0.29, 0.717) is 5.69 Å². The van der Waals surface area contributed by atoms with Gasteiger partial charge in [0.2, 0.25) is 5.78 Å². The number of nitrogens with two attached hydrogens (primary N) is 1. The molecule has 0 amide bonds. The number of hydrogen-bond donors (Lipinski definition) is 1. The zero-order valence-electron chi connectivity index (χ0n) is 7.23. The summed E-state index contributed by atoms with van der Waals surface area (Å²) >= 11 is 0. The third kappa shape index (κ3) is 1.33. The SMILES string of the molecule is NC1(C(=O)c2cnccn2)CCC1. The zero-order chi connectivity index (χ0) is 9.31. The summed E-state index contributed by atoms with van der Waals surface area (Å²) in [6.45, 7) is 0. The molecule has 2 rings (SSSR count). The van der Waals surface area contributed by atoms with Gasteiger partial charge in [0, 0.05) is 12.4 Å². The molecule has 2 N–H and O–H groups in total. The minimum Gasteiger partial charge on any atom is -0.319 e. The number of carbonyl (C=O) groups excluding carboxylic acids is 1. The lowest BCUT2D eigenvalue weighted by atomic mass is 9.74. The molecule has 13 heavy (non-hydrogen) atoms. The van der Waals surface area contributed by atoms with E-state index < -0.39 is 5.54 Å². The van der Waals surface area contributed by atoms with Crippen LogP contribution in [0, 0.1) is 0 Å². The van der Waals surface area contributed by atoms with Crippen LogP contribution in [-0.2, 0) is 0 Å². The third-order valence-electron chi connectivity index (χ3n) is 2.49. The largest absolute Gasteiger partial charge is 0.319 e. The van der Waals surface area contributed by atoms with E-state index in [4.69, 9.17) is 5.73 Å². The molecule has 0 aromatic carbocycles. The lowest BCUT2D eigenvalue weighted by Gasteiger charge is -2.35. The molecule has 0 aliphatic heterocycles. The maximum atomic E-state index is 11.7. The maximum Gasteiger partial charge on any atom is 0.202 e. The second kappa shape index (κ2) is 2.88. The van der Waals surface area contributed by atoms with Gasteiger partial charge in [0.1, 0.15) is 5.69 Å². The Morgan fingerprint density at radius 1 is 1.46 bits per heavy atom. The summed E-state index contributed by atoms with van der Waals surface area (Å²) in [6, 6.07) is 0. The summed E-state index contributed by atoms with van der Waals surface area (Å²) < 4.78 is 0. The summed E-state index contributed by atoms with van der Waals surface area (Å²) in [5, 5.41) is 0. The zero-order valence-corrected chi connectivity index (χ0v) is 7.23. The van der Waals surface area contributed by atoms with Gasteiger partial charge in [-0.1, -0.05) is 0 Å². The first-order valence-electron chi connectivity index (χ1n) is 4.32. The van der Waals surface area contributed by atoms with Crippen LogP contribution in [0.5, 0.6) is 0 Å². The summed E-state index contributed by atoms with van der Waals surface area (Å²) in [7, 11) is 0. The molecular weight excluding hydrogens is 166 g/mol. The van der Waals surface area contributed by atoms with Crippen LogP contribution in [0.2, 0.25) is 0 Å². The maximum absolute atomic E-state index is 11.7. The second-order valence-electron chi connectivity index (χ2n) is 3.43. The number of ketones is 1. The standard InChI is InChI=1S/C9H11N3O/c10-9(2-1-3-9)8(13)7-6-11-4-5-12-7/h4-6H,1-3,10H2. The summed E-state index contributed by atoms with van der Waals surface area (Å²) in [4.78, 5) is 19.5. The summed E-state index contributed by atoms with van der Waals surface area (Å²) in [6.07, 6.45) is 7.08. The van der Waals surface area contributed by atoms with Gasteiger partial charge >= 0.3 is 0 Å². The first-order chi connectivity index (χ1) is 6.22. The molecule has 0 bridgehead atoms. The Bertz CT molecular complexity index is 319. The van der Waals surface area contributed by atoms with Crippen LogP contribution in [-0.4, -0.2) is 21.3 Å². The normalized spacial score (nSPS) is 19.2. The van der Waals surface area contributed by atoms with Crippen LogP contribution in [0.4, 0.5) is 0 Å². The van der Waals surface area contributed by atoms with Crippen molar-refractivity contribution >= 4 is 5.78 Å². The van der Waals surface area contributed by atoms with Crippen molar-refractivity contribution in [2.45, 2.75) is 24.8 Å². The number of hydrogen-bond acceptors (Lipinski definition) is 4. The quantitative estimate of drug-likeness (QED) is 0.669. The van der Waals surface area contributed by atoms with Crippen LogP contribution in [0.3, 0.4) is 0 Å². The molecule has 1 heterocycles. The van der Waals surface area contributed by atoms with Gasteiger partial charge in [-0.15, -0.1) is 0 Å². The van der Waals surface area contributed by atoms with Crippen LogP contribution in [0.25, 0.3) is 0 Å². The van der Waals surface area contributed by atoms with E-state index in [1.807, 2.05) is 0 Å². The van der Waals surface area contributed by atoms with Crippen LogP contribution in [0.1, 0.15) is 29.8 Å². The van der Waals surface area contributed by atoms with Gasteiger partial charge in [-0.25, -0.2) is 4.98 Å². The molecule has 1 aliphatic rings. The second-order valence-corrected chi connectivity index (χ2v) is 3.43. The van der Waals surface area contributed by atoms with Crippen molar-refractivity contribution < 1.29 is 4.79 Å². The van der Waals surface area contributed by atoms with Crippen LogP contribution >= 0.6 is 0 Å². The molecule has 68 valence electrons. The molecule has 0 saturated heterocycles. The van der Waals surface area contributed by atoms with Gasteiger partial charge in [-0.05, 0) is 19.3 Å². The van der Waals surface area contributed by atoms with Gasteiger partial charge in [0.25, 0.3) is 0 Å². The van der Waals surface area contributed by atoms with E-state index in [-0.39, 0.29) is 5.78 Å². The molecule has 0 spiro atoms. The van der Waals surface area contributed by atoms with Crippen molar-refractivity contribution in [3.63, 3.8) is 0 Å². The van der Waals surface area contributed by atoms with Crippen molar-refractivity contribution in [2.75, 3.05) is 0 Å². The Hall–Kier alpha value is -1.29. The molecule has 1 fully saturated rings. The third-order valence-corrected chi connectivity index (χ3v) is 2.49. The fourth-order valence-corrected chi connectivity index (χ4v) is 1.46. The smallest absolute Gasteiger partial charge is 0.202 e. The number of rotatable bonds is 2. The molecule has 1 aromatic heterocycles. The van der Waals surface area contributed by atoms with Crippen molar-refractivity contribution in [3.05, 3.63) is 24.3 Å². The van der Waals surface area contributed by atoms with E-state index in [1.54, 1.807) is 6.20 Å². The van der Waals surface area contributed by atoms with Crippen molar-refractivity contribution in [1.82, 2.24) is 9.97 Å². The molecule has 1 aliphatic carbocycles. The van der Waals surface area contributed by atoms with E-state index >= 15 is 0 Å². The molecular formula is C9H11N3O. The van der Waals surface area contributed by atoms with Crippen LogP contribution in [0.15, 0.2) is 18.6 Å². The Kier molecular flexibility index (Phi) is 1.84. The molecule has 4 nitrogen and oxygen atoms in total. The number of Topliss-reactive ketones (excluding diaryl/α,β-unsaturated/α-hetero) is 1. The van der Waals surface area contributed by atoms with Gasteiger partial charge in [-0.2, -0.15) is 0 Å². The first kappa shape index (κ1) is 8.31. The topological polar surface area (TPSA) is 68.9 Å². The van der Waals surface area contributed by atoms with Crippen molar-refractivity contribution in [1.29, 1.82) is 0 Å². The lowest BCUT2D eigenvalue weighted by molar-refractivity contribution is 0.0795. The molecule has 0 unspecified atom stereocenters. The predicted molar refractivity (Wildman–Crippen MR) is 47.1 cm³/mol. The highest BCUT2D eigenvalue weighted by atomic mass is 16.1. The minimum atomic E-state index is -0.657. The monoisotopic (exact) mass is 177 g/mol. The average Bonchev–Trinajstić information content (AvgIpc) is 2.14. The fourth-order valence-electron chi connectivity index (χ4n) is 1.46. The van der Waals surface area contributed by atoms with E-state index in [2.05, 4.69) is 9.97 Å². The number of aromatic nitrogens is 2. The Morgan fingerprint density at radius 2 is 2.23 bits per heavy atom. The number of carbonyl (C=O) groups is 1.